The molecule has 0 aliphatic carbocycles. The van der Waals surface area contributed by atoms with Gasteiger partial charge in [-0.1, -0.05) is 36.0 Å². The van der Waals surface area contributed by atoms with E-state index in [1.165, 1.54) is 9.79 Å². The number of thiocyanates is 1. The minimum Gasteiger partial charge on any atom is -0.741 e. The van der Waals surface area contributed by atoms with Gasteiger partial charge in [0.05, 0.1) is 9.79 Å². The molecule has 24 heavy (non-hydrogen) atoms. The van der Waals surface area contributed by atoms with Crippen LogP contribution in [0.3, 0.4) is 0 Å². The molecule has 2 aromatic carbocycles. The fraction of sp³-hybridized carbons (Fsp3) is 0.0714. The molecule has 1 aliphatic heterocycles. The maximum absolute atomic E-state index is 10.7. The summed E-state index contributed by atoms with van der Waals surface area (Å²) in [5, 5.41) is 11.8. The van der Waals surface area contributed by atoms with E-state index in [2.05, 4.69) is 29.7 Å². The average molecular weight is 391 g/mol. The number of nitriles is 1. The fourth-order valence-corrected chi connectivity index (χ4v) is 4.76. The number of rotatable bonds is 0. The summed E-state index contributed by atoms with van der Waals surface area (Å²) in [7, 11) is -6.51. The van der Waals surface area contributed by atoms with E-state index < -0.39 is 26.5 Å². The minimum atomic E-state index is -6.09. The second-order valence-corrected chi connectivity index (χ2v) is 8.42. The first-order valence-electron chi connectivity index (χ1n) is 6.17. The summed E-state index contributed by atoms with van der Waals surface area (Å²) in [5.41, 5.74) is -5.65. The molecule has 0 fully saturated rings. The molecule has 1 heterocycles. The monoisotopic (exact) mass is 391 g/mol. The van der Waals surface area contributed by atoms with E-state index in [0.29, 0.717) is 0 Å². The molecule has 4 nitrogen and oxygen atoms in total. The molecule has 0 aromatic heterocycles. The van der Waals surface area contributed by atoms with Gasteiger partial charge in [-0.2, -0.15) is 13.2 Å². The maximum Gasteiger partial charge on any atom is 0.485 e. The number of halogens is 3. The standard InChI is InChI=1S/C13H8NS2.CHF3O3S/c14-9-16-12-7-3-1-5-10(12)15-11-6-2-4-8-13(11)16;2-1(3,4)8(5,6)7/h1-8H;(H,5,6,7)/q+1;/p-1. The lowest BCUT2D eigenvalue weighted by molar-refractivity contribution is -0.0517. The zero-order valence-corrected chi connectivity index (χ0v) is 14.1. The van der Waals surface area contributed by atoms with Crippen molar-refractivity contribution < 1.29 is 26.1 Å². The lowest BCUT2D eigenvalue weighted by Crippen LogP contribution is -2.21. The number of hydrogen-bond acceptors (Lipinski definition) is 5. The number of alkyl halides is 3. The Balaban J connectivity index is 0.000000224. The van der Waals surface area contributed by atoms with Crippen molar-refractivity contribution in [3.05, 3.63) is 48.5 Å². The van der Waals surface area contributed by atoms with Gasteiger partial charge in [0, 0.05) is 0 Å². The quantitative estimate of drug-likeness (QED) is 0.296. The van der Waals surface area contributed by atoms with Gasteiger partial charge in [0.15, 0.2) is 30.8 Å². The molecule has 0 radical (unpaired) electrons. The molecule has 126 valence electrons. The van der Waals surface area contributed by atoms with Gasteiger partial charge < -0.3 is 4.55 Å². The Kier molecular flexibility index (Phi) is 5.49. The van der Waals surface area contributed by atoms with Gasteiger partial charge in [0.1, 0.15) is 0 Å². The molecular formula is C14H8F3NO3S3. The van der Waals surface area contributed by atoms with E-state index in [4.69, 9.17) is 13.0 Å². The fourth-order valence-electron chi connectivity index (χ4n) is 1.74. The van der Waals surface area contributed by atoms with Crippen molar-refractivity contribution in [1.82, 2.24) is 0 Å². The second-order valence-electron chi connectivity index (χ2n) is 4.29. The van der Waals surface area contributed by atoms with E-state index in [1.54, 1.807) is 11.8 Å². The highest BCUT2D eigenvalue weighted by molar-refractivity contribution is 8.06. The Morgan fingerprint density at radius 1 is 1.00 bits per heavy atom. The molecule has 0 amide bonds. The zero-order valence-electron chi connectivity index (χ0n) is 11.6. The van der Waals surface area contributed by atoms with Crippen LogP contribution in [-0.2, 0) is 21.0 Å². The molecule has 0 bridgehead atoms. The predicted molar refractivity (Wildman–Crippen MR) is 82.3 cm³/mol. The molecule has 10 heteroatoms. The number of hydrogen-bond donors (Lipinski definition) is 0. The zero-order chi connectivity index (χ0) is 18.0. The van der Waals surface area contributed by atoms with Crippen LogP contribution in [0.4, 0.5) is 13.2 Å². The van der Waals surface area contributed by atoms with Crippen molar-refractivity contribution in [2.24, 2.45) is 0 Å². The van der Waals surface area contributed by atoms with Crippen LogP contribution in [0.25, 0.3) is 0 Å². The summed E-state index contributed by atoms with van der Waals surface area (Å²) in [4.78, 5) is 4.75. The number of fused-ring (bicyclic) bond motifs is 2. The molecule has 0 unspecified atom stereocenters. The van der Waals surface area contributed by atoms with Crippen LogP contribution in [0.1, 0.15) is 0 Å². The molecule has 0 atom stereocenters. The highest BCUT2D eigenvalue weighted by Gasteiger charge is 2.37. The van der Waals surface area contributed by atoms with Crippen molar-refractivity contribution in [2.45, 2.75) is 25.1 Å². The van der Waals surface area contributed by atoms with Gasteiger partial charge >= 0.3 is 10.9 Å². The van der Waals surface area contributed by atoms with Crippen molar-refractivity contribution >= 4 is 32.8 Å². The third-order valence-electron chi connectivity index (χ3n) is 2.73. The SMILES string of the molecule is N#C[S+]1c2ccccc2Sc2ccccc21.O=S(=O)([O-])C(F)(F)F. The Hall–Kier alpha value is -1.67. The van der Waals surface area contributed by atoms with Crippen molar-refractivity contribution in [3.63, 3.8) is 0 Å². The van der Waals surface area contributed by atoms with Gasteiger partial charge in [-0.3, -0.25) is 0 Å². The lowest BCUT2D eigenvalue weighted by Gasteiger charge is -2.13. The first-order chi connectivity index (χ1) is 11.1. The van der Waals surface area contributed by atoms with Crippen LogP contribution in [-0.4, -0.2) is 18.5 Å². The molecule has 1 aliphatic rings. The summed E-state index contributed by atoms with van der Waals surface area (Å²) in [6, 6.07) is 16.4. The second kappa shape index (κ2) is 7.06. The predicted octanol–water partition coefficient (Wildman–Crippen LogP) is 3.72. The minimum absolute atomic E-state index is 0.417. The average Bonchev–Trinajstić information content (AvgIpc) is 2.51. The van der Waals surface area contributed by atoms with E-state index in [9.17, 15) is 18.4 Å². The third-order valence-corrected chi connectivity index (χ3v) is 6.48. The Labute approximate surface area is 143 Å². The smallest absolute Gasteiger partial charge is 0.485 e. The van der Waals surface area contributed by atoms with Crippen molar-refractivity contribution in [1.29, 1.82) is 5.26 Å². The number of benzene rings is 2. The van der Waals surface area contributed by atoms with Crippen molar-refractivity contribution in [2.75, 3.05) is 0 Å². The maximum atomic E-state index is 10.7. The van der Waals surface area contributed by atoms with Crippen molar-refractivity contribution in [3.8, 4) is 5.40 Å². The molecule has 2 aromatic rings. The van der Waals surface area contributed by atoms with Gasteiger partial charge in [0.25, 0.3) is 0 Å². The van der Waals surface area contributed by atoms with E-state index >= 15 is 0 Å². The molecule has 0 saturated heterocycles. The lowest BCUT2D eigenvalue weighted by atomic mass is 10.3. The normalized spacial score (nSPS) is 13.8. The molecule has 3 rings (SSSR count). The van der Waals surface area contributed by atoms with Crippen LogP contribution < -0.4 is 0 Å². The van der Waals surface area contributed by atoms with E-state index in [-0.39, 0.29) is 0 Å². The summed E-state index contributed by atoms with van der Waals surface area (Å²) in [6.45, 7) is 0. The van der Waals surface area contributed by atoms with Gasteiger partial charge in [-0.25, -0.2) is 8.42 Å². The summed E-state index contributed by atoms with van der Waals surface area (Å²) in [6.07, 6.45) is 0. The highest BCUT2D eigenvalue weighted by Crippen LogP contribution is 2.44. The molecule has 0 saturated carbocycles. The van der Waals surface area contributed by atoms with E-state index in [1.807, 2.05) is 24.3 Å². The van der Waals surface area contributed by atoms with Crippen LogP contribution in [0, 0.1) is 10.7 Å². The highest BCUT2D eigenvalue weighted by atomic mass is 32.2. The summed E-state index contributed by atoms with van der Waals surface area (Å²) in [5.74, 6) is 0. The Bertz CT molecular complexity index is 846. The van der Waals surface area contributed by atoms with Gasteiger partial charge in [-0.15, -0.1) is 5.26 Å². The summed E-state index contributed by atoms with van der Waals surface area (Å²) >= 11 is 1.76. The Morgan fingerprint density at radius 2 is 1.38 bits per heavy atom. The van der Waals surface area contributed by atoms with Crippen LogP contribution in [0.5, 0.6) is 0 Å². The molecule has 0 N–H and O–H groups in total. The largest absolute Gasteiger partial charge is 0.741 e. The van der Waals surface area contributed by atoms with Gasteiger partial charge in [-0.05, 0) is 24.3 Å². The molecular weight excluding hydrogens is 383 g/mol. The van der Waals surface area contributed by atoms with Crippen LogP contribution in [0.2, 0.25) is 0 Å². The van der Waals surface area contributed by atoms with Crippen LogP contribution in [0.15, 0.2) is 68.1 Å². The van der Waals surface area contributed by atoms with Crippen LogP contribution >= 0.6 is 11.8 Å². The third kappa shape index (κ3) is 4.05. The van der Waals surface area contributed by atoms with Gasteiger partial charge in [0.2, 0.25) is 0 Å². The number of nitrogens with zero attached hydrogens (tertiary/aromatic N) is 1. The molecule has 0 spiro atoms. The Morgan fingerprint density at radius 3 is 1.71 bits per heavy atom. The first kappa shape index (κ1) is 18.7. The topological polar surface area (TPSA) is 81.0 Å². The summed E-state index contributed by atoms with van der Waals surface area (Å²) < 4.78 is 58.9. The van der Waals surface area contributed by atoms with E-state index in [0.717, 1.165) is 9.79 Å². The first-order valence-corrected chi connectivity index (χ1v) is 9.62.